The van der Waals surface area contributed by atoms with Gasteiger partial charge in [0.05, 0.1) is 0 Å². The zero-order chi connectivity index (χ0) is 5.28. The van der Waals surface area contributed by atoms with Gasteiger partial charge in [-0.25, -0.2) is 0 Å². The van der Waals surface area contributed by atoms with E-state index in [9.17, 15) is 0 Å². The van der Waals surface area contributed by atoms with Gasteiger partial charge in [-0.3, -0.25) is 0 Å². The van der Waals surface area contributed by atoms with E-state index in [0.29, 0.717) is 0 Å². The van der Waals surface area contributed by atoms with Crippen molar-refractivity contribution in [1.82, 2.24) is 0 Å². The standard InChI is InChI=1S/C3H6ClPS2/c1-3-2-6-5(4)7-3/h3H,2H2,1H3/t3-,5-/m0/s1. The maximum absolute atomic E-state index is 5.80. The van der Waals surface area contributed by atoms with Gasteiger partial charge < -0.3 is 0 Å². The van der Waals surface area contributed by atoms with Crippen molar-refractivity contribution in [2.75, 3.05) is 5.75 Å². The summed E-state index contributed by atoms with van der Waals surface area (Å²) < 4.78 is 0. The van der Waals surface area contributed by atoms with Gasteiger partial charge >= 0.3 is 0 Å². The van der Waals surface area contributed by atoms with E-state index in [1.807, 2.05) is 22.8 Å². The highest BCUT2D eigenvalue weighted by atomic mass is 35.7. The fourth-order valence-electron chi connectivity index (χ4n) is 0.366. The molecule has 0 spiro atoms. The first-order chi connectivity index (χ1) is 3.29. The van der Waals surface area contributed by atoms with Crippen LogP contribution in [0.2, 0.25) is 0 Å². The van der Waals surface area contributed by atoms with Crippen LogP contribution in [0.5, 0.6) is 0 Å². The Morgan fingerprint density at radius 2 is 2.57 bits per heavy atom. The van der Waals surface area contributed by atoms with Crippen molar-refractivity contribution < 1.29 is 0 Å². The Kier molecular flexibility index (Phi) is 2.63. The first-order valence-corrected chi connectivity index (χ1v) is 7.37. The lowest BCUT2D eigenvalue weighted by Crippen LogP contribution is -1.88. The predicted octanol–water partition coefficient (Wildman–Crippen LogP) is 3.32. The number of rotatable bonds is 0. The molecule has 1 aliphatic heterocycles. The molecule has 1 aliphatic rings. The van der Waals surface area contributed by atoms with E-state index in [1.54, 1.807) is 0 Å². The summed E-state index contributed by atoms with van der Waals surface area (Å²) >= 11 is 9.61. The molecule has 0 N–H and O–H groups in total. The molecule has 0 nitrogen and oxygen atoms in total. The molecule has 0 radical (unpaired) electrons. The average molecular weight is 173 g/mol. The summed E-state index contributed by atoms with van der Waals surface area (Å²) in [5.74, 6) is 1.25. The first kappa shape index (κ1) is 6.54. The van der Waals surface area contributed by atoms with Crippen LogP contribution in [0.4, 0.5) is 0 Å². The van der Waals surface area contributed by atoms with Crippen molar-refractivity contribution in [3.63, 3.8) is 0 Å². The molecule has 0 aromatic carbocycles. The zero-order valence-corrected chi connectivity index (χ0v) is 7.21. The zero-order valence-electron chi connectivity index (χ0n) is 3.93. The Balaban J connectivity index is 2.26. The molecule has 1 fully saturated rings. The lowest BCUT2D eigenvalue weighted by molar-refractivity contribution is 1.15. The molecule has 2 atom stereocenters. The van der Waals surface area contributed by atoms with Gasteiger partial charge in [-0.15, -0.1) is 22.8 Å². The Hall–Kier alpha value is 1.42. The van der Waals surface area contributed by atoms with E-state index in [-0.39, 0.29) is 5.68 Å². The van der Waals surface area contributed by atoms with Crippen LogP contribution in [0.25, 0.3) is 0 Å². The summed E-state index contributed by atoms with van der Waals surface area (Å²) in [6, 6.07) is 0. The smallest absolute Gasteiger partial charge is 0.106 e. The minimum Gasteiger partial charge on any atom is -0.106 e. The van der Waals surface area contributed by atoms with E-state index in [4.69, 9.17) is 11.2 Å². The highest BCUT2D eigenvalue weighted by molar-refractivity contribution is 8.96. The molecule has 42 valence electrons. The van der Waals surface area contributed by atoms with Crippen molar-refractivity contribution in [1.29, 1.82) is 0 Å². The maximum Gasteiger partial charge on any atom is 0.110 e. The summed E-state index contributed by atoms with van der Waals surface area (Å²) in [5, 5.41) is 0.800. The molecule has 0 aromatic heterocycles. The fraction of sp³-hybridized carbons (Fsp3) is 1.00. The van der Waals surface area contributed by atoms with Crippen LogP contribution in [-0.2, 0) is 0 Å². The van der Waals surface area contributed by atoms with E-state index in [0.717, 1.165) is 5.25 Å². The molecule has 1 saturated heterocycles. The third-order valence-electron chi connectivity index (χ3n) is 0.674. The van der Waals surface area contributed by atoms with Crippen LogP contribution in [0.1, 0.15) is 6.92 Å². The average Bonchev–Trinajstić information content (AvgIpc) is 1.87. The maximum atomic E-state index is 5.80. The van der Waals surface area contributed by atoms with Gasteiger partial charge in [0.1, 0.15) is 5.68 Å². The molecule has 0 bridgehead atoms. The number of halogens is 1. The van der Waals surface area contributed by atoms with Crippen molar-refractivity contribution >= 4 is 39.7 Å². The normalized spacial score (nSPS) is 42.0. The third kappa shape index (κ3) is 2.01. The van der Waals surface area contributed by atoms with Gasteiger partial charge in [-0.05, 0) is 0 Å². The van der Waals surface area contributed by atoms with Crippen LogP contribution in [0.3, 0.4) is 0 Å². The summed E-state index contributed by atoms with van der Waals surface area (Å²) in [7, 11) is 0. The van der Waals surface area contributed by atoms with Crippen molar-refractivity contribution in [3.05, 3.63) is 0 Å². The van der Waals surface area contributed by atoms with Crippen LogP contribution < -0.4 is 0 Å². The van der Waals surface area contributed by atoms with Gasteiger partial charge in [-0.1, -0.05) is 18.2 Å². The lowest BCUT2D eigenvalue weighted by Gasteiger charge is -1.92. The molecule has 0 saturated carbocycles. The van der Waals surface area contributed by atoms with E-state index < -0.39 is 0 Å². The summed E-state index contributed by atoms with van der Waals surface area (Å²) in [5.41, 5.74) is -0.199. The molecular weight excluding hydrogens is 167 g/mol. The lowest BCUT2D eigenvalue weighted by atomic mass is 10.6. The third-order valence-corrected chi connectivity index (χ3v) is 8.38. The SMILES string of the molecule is C[C@H]1CS[P@](Cl)S1. The van der Waals surface area contributed by atoms with Crippen LogP contribution in [-0.4, -0.2) is 11.0 Å². The Bertz CT molecular complexity index is 62.0. The highest BCUT2D eigenvalue weighted by Crippen LogP contribution is 2.71. The molecule has 7 heavy (non-hydrogen) atoms. The second-order valence-corrected chi connectivity index (χ2v) is 9.96. The van der Waals surface area contributed by atoms with Crippen molar-refractivity contribution in [2.45, 2.75) is 12.2 Å². The molecule has 0 aliphatic carbocycles. The topological polar surface area (TPSA) is 0 Å². The summed E-state index contributed by atoms with van der Waals surface area (Å²) in [4.78, 5) is 0. The fourth-order valence-corrected chi connectivity index (χ4v) is 8.54. The van der Waals surface area contributed by atoms with Gasteiger partial charge in [-0.2, -0.15) is 0 Å². The second kappa shape index (κ2) is 2.82. The van der Waals surface area contributed by atoms with Gasteiger partial charge in [0.15, 0.2) is 0 Å². The first-order valence-electron chi connectivity index (χ1n) is 2.04. The Morgan fingerprint density at radius 1 is 1.86 bits per heavy atom. The van der Waals surface area contributed by atoms with Crippen LogP contribution >= 0.6 is 39.7 Å². The molecule has 1 rings (SSSR count). The molecule has 0 aromatic rings. The van der Waals surface area contributed by atoms with Crippen LogP contribution in [0, 0.1) is 0 Å². The second-order valence-electron chi connectivity index (χ2n) is 1.42. The monoisotopic (exact) mass is 172 g/mol. The van der Waals surface area contributed by atoms with E-state index in [1.165, 1.54) is 5.75 Å². The summed E-state index contributed by atoms with van der Waals surface area (Å²) in [6.45, 7) is 2.22. The summed E-state index contributed by atoms with van der Waals surface area (Å²) in [6.07, 6.45) is 0. The molecular formula is C3H6ClPS2. The Labute approximate surface area is 57.8 Å². The highest BCUT2D eigenvalue weighted by Gasteiger charge is 2.19. The van der Waals surface area contributed by atoms with E-state index >= 15 is 0 Å². The minimum absolute atomic E-state index is 0.199. The molecule has 1 heterocycles. The largest absolute Gasteiger partial charge is 0.110 e. The minimum atomic E-state index is -0.199. The van der Waals surface area contributed by atoms with Gasteiger partial charge in [0, 0.05) is 11.0 Å². The molecule has 4 heteroatoms. The van der Waals surface area contributed by atoms with Crippen LogP contribution in [0.15, 0.2) is 0 Å². The van der Waals surface area contributed by atoms with Crippen molar-refractivity contribution in [2.24, 2.45) is 0 Å². The quantitative estimate of drug-likeness (QED) is 0.514. The molecule has 0 amide bonds. The van der Waals surface area contributed by atoms with Crippen molar-refractivity contribution in [3.8, 4) is 0 Å². The Morgan fingerprint density at radius 3 is 2.71 bits per heavy atom. The number of hydrogen-bond acceptors (Lipinski definition) is 2. The van der Waals surface area contributed by atoms with Gasteiger partial charge in [0.25, 0.3) is 0 Å². The predicted molar refractivity (Wildman–Crippen MR) is 42.3 cm³/mol. The van der Waals surface area contributed by atoms with E-state index in [2.05, 4.69) is 6.92 Å². The molecule has 0 unspecified atom stereocenters. The van der Waals surface area contributed by atoms with Gasteiger partial charge in [0.2, 0.25) is 0 Å². The number of hydrogen-bond donors (Lipinski definition) is 0.